The molecule has 0 spiro atoms. The molecular weight excluding hydrogens is 257 g/mol. The number of rotatable bonds is 3. The Hall–Kier alpha value is -1.27. The quantitative estimate of drug-likeness (QED) is 0.885. The van der Waals surface area contributed by atoms with Crippen LogP contribution >= 0.6 is 0 Å². The van der Waals surface area contributed by atoms with Crippen molar-refractivity contribution in [2.45, 2.75) is 19.4 Å². The minimum atomic E-state index is -2.67. The molecule has 1 heterocycles. The molecule has 0 saturated carbocycles. The summed E-state index contributed by atoms with van der Waals surface area (Å²) in [4.78, 5) is 1.57. The Balaban J connectivity index is 2.36. The van der Waals surface area contributed by atoms with Crippen LogP contribution in [0.2, 0.25) is 0 Å². The van der Waals surface area contributed by atoms with Gasteiger partial charge in [0.05, 0.1) is 0 Å². The zero-order valence-corrected chi connectivity index (χ0v) is 10.7. The molecule has 1 aliphatic rings. The van der Waals surface area contributed by atoms with Crippen molar-refractivity contribution >= 4 is 0 Å². The first-order valence-corrected chi connectivity index (χ1v) is 6.23. The number of hydrogen-bond acceptors (Lipinski definition) is 3. The van der Waals surface area contributed by atoms with Crippen LogP contribution in [0.4, 0.5) is 13.2 Å². The minimum absolute atomic E-state index is 0.0417. The van der Waals surface area contributed by atoms with Crippen molar-refractivity contribution < 1.29 is 18.3 Å². The molecule has 0 radical (unpaired) electrons. The molecule has 1 aliphatic heterocycles. The van der Waals surface area contributed by atoms with Gasteiger partial charge in [-0.15, -0.1) is 0 Å². The van der Waals surface area contributed by atoms with Crippen molar-refractivity contribution in [3.05, 3.63) is 29.1 Å². The van der Waals surface area contributed by atoms with Gasteiger partial charge in [0.15, 0.2) is 11.6 Å². The van der Waals surface area contributed by atoms with E-state index in [4.69, 9.17) is 0 Å². The number of halogens is 3. The largest absolute Gasteiger partial charge is 0.505 e. The van der Waals surface area contributed by atoms with Crippen LogP contribution in [-0.2, 0) is 0 Å². The molecule has 0 amide bonds. The SMILES string of the molecule is Cc1ccc([C@@H](C(F)F)N2CCNCC2)c(O)c1F. The van der Waals surface area contributed by atoms with Gasteiger partial charge in [-0.25, -0.2) is 13.2 Å². The summed E-state index contributed by atoms with van der Waals surface area (Å²) in [6.07, 6.45) is -2.67. The second kappa shape index (κ2) is 5.79. The van der Waals surface area contributed by atoms with E-state index in [-0.39, 0.29) is 11.1 Å². The number of phenols is 1. The highest BCUT2D eigenvalue weighted by molar-refractivity contribution is 5.40. The van der Waals surface area contributed by atoms with Crippen LogP contribution in [0.3, 0.4) is 0 Å². The minimum Gasteiger partial charge on any atom is -0.505 e. The Morgan fingerprint density at radius 3 is 2.47 bits per heavy atom. The maximum absolute atomic E-state index is 13.7. The fraction of sp³-hybridized carbons (Fsp3) is 0.538. The number of alkyl halides is 2. The molecule has 1 saturated heterocycles. The Morgan fingerprint density at radius 1 is 1.26 bits per heavy atom. The number of hydrogen-bond donors (Lipinski definition) is 2. The average Bonchev–Trinajstić information content (AvgIpc) is 2.40. The highest BCUT2D eigenvalue weighted by Crippen LogP contribution is 2.36. The van der Waals surface area contributed by atoms with Crippen LogP contribution in [0, 0.1) is 12.7 Å². The van der Waals surface area contributed by atoms with Gasteiger partial charge in [-0.3, -0.25) is 4.90 Å². The Bertz CT molecular complexity index is 448. The first-order chi connectivity index (χ1) is 9.02. The molecule has 2 rings (SSSR count). The molecule has 0 aliphatic carbocycles. The molecule has 106 valence electrons. The summed E-state index contributed by atoms with van der Waals surface area (Å²) < 4.78 is 40.2. The topological polar surface area (TPSA) is 35.5 Å². The first-order valence-electron chi connectivity index (χ1n) is 6.23. The lowest BCUT2D eigenvalue weighted by Gasteiger charge is -2.35. The molecule has 0 unspecified atom stereocenters. The summed E-state index contributed by atoms with van der Waals surface area (Å²) >= 11 is 0. The van der Waals surface area contributed by atoms with Gasteiger partial charge in [-0.1, -0.05) is 12.1 Å². The molecule has 1 atom stereocenters. The standard InChI is InChI=1S/C13H17F3N2O/c1-8-2-3-9(12(19)10(8)14)11(13(15)16)18-6-4-17-5-7-18/h2-3,11,13,17,19H,4-7H2,1H3/t11-/m0/s1. The van der Waals surface area contributed by atoms with Crippen LogP contribution < -0.4 is 5.32 Å². The van der Waals surface area contributed by atoms with Crippen LogP contribution in [-0.4, -0.2) is 42.6 Å². The number of piperazine rings is 1. The number of benzene rings is 1. The smallest absolute Gasteiger partial charge is 0.258 e. The van der Waals surface area contributed by atoms with Crippen molar-refractivity contribution in [1.82, 2.24) is 10.2 Å². The second-order valence-electron chi connectivity index (χ2n) is 4.70. The van der Waals surface area contributed by atoms with Crippen LogP contribution in [0.5, 0.6) is 5.75 Å². The van der Waals surface area contributed by atoms with Gasteiger partial charge in [0.1, 0.15) is 6.04 Å². The predicted octanol–water partition coefficient (Wildman–Crippen LogP) is 2.05. The van der Waals surface area contributed by atoms with E-state index in [0.717, 1.165) is 0 Å². The van der Waals surface area contributed by atoms with Gasteiger partial charge in [-0.05, 0) is 12.5 Å². The summed E-state index contributed by atoms with van der Waals surface area (Å²) in [6.45, 7) is 3.60. The van der Waals surface area contributed by atoms with E-state index in [1.807, 2.05) is 0 Å². The van der Waals surface area contributed by atoms with Gasteiger partial charge in [0.25, 0.3) is 6.43 Å². The fourth-order valence-corrected chi connectivity index (χ4v) is 2.37. The van der Waals surface area contributed by atoms with Gasteiger partial charge in [0, 0.05) is 31.7 Å². The van der Waals surface area contributed by atoms with E-state index in [1.165, 1.54) is 19.1 Å². The number of nitrogens with zero attached hydrogens (tertiary/aromatic N) is 1. The average molecular weight is 274 g/mol. The van der Waals surface area contributed by atoms with E-state index in [1.54, 1.807) is 4.90 Å². The van der Waals surface area contributed by atoms with Crippen molar-refractivity contribution in [2.75, 3.05) is 26.2 Å². The summed E-state index contributed by atoms with van der Waals surface area (Å²) in [5, 5.41) is 12.8. The fourth-order valence-electron chi connectivity index (χ4n) is 2.37. The Labute approximate surface area is 110 Å². The lowest BCUT2D eigenvalue weighted by molar-refractivity contribution is 0.0168. The molecule has 1 aromatic rings. The molecule has 1 fully saturated rings. The number of aryl methyl sites for hydroxylation is 1. The lowest BCUT2D eigenvalue weighted by Crippen LogP contribution is -2.46. The van der Waals surface area contributed by atoms with Gasteiger partial charge >= 0.3 is 0 Å². The van der Waals surface area contributed by atoms with Gasteiger partial charge in [-0.2, -0.15) is 0 Å². The normalized spacial score (nSPS) is 18.8. The zero-order valence-electron chi connectivity index (χ0n) is 10.7. The second-order valence-corrected chi connectivity index (χ2v) is 4.70. The monoisotopic (exact) mass is 274 g/mol. The molecule has 2 N–H and O–H groups in total. The van der Waals surface area contributed by atoms with Crippen molar-refractivity contribution in [1.29, 1.82) is 0 Å². The predicted molar refractivity (Wildman–Crippen MR) is 66.0 cm³/mol. The molecule has 0 aromatic heterocycles. The molecule has 3 nitrogen and oxygen atoms in total. The molecule has 0 bridgehead atoms. The molecule has 6 heteroatoms. The van der Waals surface area contributed by atoms with E-state index >= 15 is 0 Å². The van der Waals surface area contributed by atoms with Crippen LogP contribution in [0.15, 0.2) is 12.1 Å². The third kappa shape index (κ3) is 2.84. The third-order valence-corrected chi connectivity index (χ3v) is 3.44. The number of aromatic hydroxyl groups is 1. The maximum Gasteiger partial charge on any atom is 0.258 e. The van der Waals surface area contributed by atoms with Crippen molar-refractivity contribution in [3.63, 3.8) is 0 Å². The van der Waals surface area contributed by atoms with Crippen LogP contribution in [0.25, 0.3) is 0 Å². The summed E-state index contributed by atoms with van der Waals surface area (Å²) in [6, 6.07) is 1.53. The highest BCUT2D eigenvalue weighted by atomic mass is 19.3. The Kier molecular flexibility index (Phi) is 4.31. The van der Waals surface area contributed by atoms with Gasteiger partial charge in [0.2, 0.25) is 0 Å². The van der Waals surface area contributed by atoms with Crippen LogP contribution in [0.1, 0.15) is 17.2 Å². The maximum atomic E-state index is 13.7. The van der Waals surface area contributed by atoms with E-state index in [9.17, 15) is 18.3 Å². The number of phenolic OH excluding ortho intramolecular Hbond substituents is 1. The summed E-state index contributed by atoms with van der Waals surface area (Å²) in [7, 11) is 0. The molecule has 1 aromatic carbocycles. The lowest BCUT2D eigenvalue weighted by atomic mass is 10.0. The highest BCUT2D eigenvalue weighted by Gasteiger charge is 2.33. The van der Waals surface area contributed by atoms with E-state index in [2.05, 4.69) is 5.32 Å². The van der Waals surface area contributed by atoms with E-state index < -0.39 is 24.0 Å². The van der Waals surface area contributed by atoms with Gasteiger partial charge < -0.3 is 10.4 Å². The van der Waals surface area contributed by atoms with Crippen molar-refractivity contribution in [3.8, 4) is 5.75 Å². The Morgan fingerprint density at radius 2 is 1.89 bits per heavy atom. The number of nitrogens with one attached hydrogen (secondary N) is 1. The molecule has 19 heavy (non-hydrogen) atoms. The van der Waals surface area contributed by atoms with Crippen molar-refractivity contribution in [2.24, 2.45) is 0 Å². The summed E-state index contributed by atoms with van der Waals surface area (Å²) in [5.41, 5.74) is 0.203. The first kappa shape index (κ1) is 14.1. The van der Waals surface area contributed by atoms with E-state index in [0.29, 0.717) is 26.2 Å². The molecular formula is C13H17F3N2O. The summed E-state index contributed by atoms with van der Waals surface area (Å²) in [5.74, 6) is -1.48. The third-order valence-electron chi connectivity index (χ3n) is 3.44. The zero-order chi connectivity index (χ0) is 14.0.